The van der Waals surface area contributed by atoms with E-state index in [1.54, 1.807) is 6.92 Å². The molecule has 0 fully saturated rings. The van der Waals surface area contributed by atoms with Crippen LogP contribution in [0.1, 0.15) is 18.2 Å². The SMILES string of the molecule is CCOC(=O)NNC(=O)Cn1cnc2c(sc3nc(C)cc(C)c32)c1=O. The average Bonchev–Trinajstić information content (AvgIpc) is 2.95. The molecule has 3 heterocycles. The number of thiophene rings is 1. The molecule has 0 aliphatic carbocycles. The predicted octanol–water partition coefficient (Wildman–Crippen LogP) is 1.40. The molecule has 3 rings (SSSR count). The van der Waals surface area contributed by atoms with Crippen molar-refractivity contribution >= 4 is 43.8 Å². The van der Waals surface area contributed by atoms with Crippen LogP contribution in [0, 0.1) is 13.8 Å². The molecule has 2 N–H and O–H groups in total. The molecule has 3 aromatic heterocycles. The van der Waals surface area contributed by atoms with Gasteiger partial charge >= 0.3 is 6.09 Å². The minimum Gasteiger partial charge on any atom is -0.449 e. The Morgan fingerprint density at radius 1 is 1.31 bits per heavy atom. The summed E-state index contributed by atoms with van der Waals surface area (Å²) in [5, 5.41) is 0.855. The van der Waals surface area contributed by atoms with Gasteiger partial charge in [0.2, 0.25) is 0 Å². The van der Waals surface area contributed by atoms with Crippen LogP contribution in [0.15, 0.2) is 17.2 Å². The fourth-order valence-electron chi connectivity index (χ4n) is 2.60. The molecule has 0 atom stereocenters. The lowest BCUT2D eigenvalue weighted by molar-refractivity contribution is -0.122. The van der Waals surface area contributed by atoms with Crippen LogP contribution in [0.4, 0.5) is 4.79 Å². The molecule has 0 spiro atoms. The number of ether oxygens (including phenoxy) is 1. The molecule has 0 aliphatic rings. The monoisotopic (exact) mass is 375 g/mol. The summed E-state index contributed by atoms with van der Waals surface area (Å²) in [6.45, 7) is 5.38. The van der Waals surface area contributed by atoms with Crippen LogP contribution in [-0.2, 0) is 16.1 Å². The summed E-state index contributed by atoms with van der Waals surface area (Å²) >= 11 is 1.25. The molecule has 9 nitrogen and oxygen atoms in total. The van der Waals surface area contributed by atoms with Gasteiger partial charge in [-0.3, -0.25) is 19.6 Å². The Hall–Kier alpha value is -3.01. The van der Waals surface area contributed by atoms with E-state index in [2.05, 4.69) is 25.6 Å². The summed E-state index contributed by atoms with van der Waals surface area (Å²) in [4.78, 5) is 45.3. The Bertz CT molecular complexity index is 1070. The van der Waals surface area contributed by atoms with Crippen LogP contribution in [0.3, 0.4) is 0 Å². The second-order valence-electron chi connectivity index (χ2n) is 5.61. The lowest BCUT2D eigenvalue weighted by atomic mass is 10.1. The van der Waals surface area contributed by atoms with Gasteiger partial charge in [0.1, 0.15) is 16.1 Å². The van der Waals surface area contributed by atoms with E-state index in [-0.39, 0.29) is 18.7 Å². The topological polar surface area (TPSA) is 115 Å². The maximum atomic E-state index is 12.7. The van der Waals surface area contributed by atoms with E-state index in [1.165, 1.54) is 22.2 Å². The number of hydrogen-bond donors (Lipinski definition) is 2. The summed E-state index contributed by atoms with van der Waals surface area (Å²) in [6.07, 6.45) is 0.545. The van der Waals surface area contributed by atoms with Crippen LogP contribution >= 0.6 is 11.3 Å². The number of amides is 2. The predicted molar refractivity (Wildman–Crippen MR) is 97.0 cm³/mol. The second-order valence-corrected chi connectivity index (χ2v) is 6.61. The van der Waals surface area contributed by atoms with Gasteiger partial charge in [0, 0.05) is 11.1 Å². The Morgan fingerprint density at radius 3 is 2.81 bits per heavy atom. The number of aryl methyl sites for hydroxylation is 2. The lowest BCUT2D eigenvalue weighted by Gasteiger charge is -2.08. The van der Waals surface area contributed by atoms with Gasteiger partial charge in [-0.05, 0) is 32.4 Å². The van der Waals surface area contributed by atoms with E-state index >= 15 is 0 Å². The van der Waals surface area contributed by atoms with E-state index in [0.29, 0.717) is 10.2 Å². The standard InChI is InChI=1S/C16H17N5O4S/c1-4-25-16(24)20-19-10(22)6-21-7-17-12-11-8(2)5-9(3)18-14(11)26-13(12)15(21)23/h5,7H,4,6H2,1-3H3,(H,19,22)(H,20,24). The molecule has 0 unspecified atom stereocenters. The van der Waals surface area contributed by atoms with Crippen LogP contribution in [-0.4, -0.2) is 33.1 Å². The van der Waals surface area contributed by atoms with Crippen LogP contribution in [0.25, 0.3) is 20.4 Å². The molecule has 3 aromatic rings. The number of hydrogen-bond acceptors (Lipinski definition) is 7. The van der Waals surface area contributed by atoms with Crippen LogP contribution in [0.5, 0.6) is 0 Å². The smallest absolute Gasteiger partial charge is 0.426 e. The van der Waals surface area contributed by atoms with Gasteiger partial charge < -0.3 is 4.74 Å². The molecular weight excluding hydrogens is 358 g/mol. The highest BCUT2D eigenvalue weighted by molar-refractivity contribution is 7.25. The molecule has 10 heteroatoms. The number of carbonyl (C=O) groups is 2. The third kappa shape index (κ3) is 3.36. The fourth-order valence-corrected chi connectivity index (χ4v) is 3.79. The Morgan fingerprint density at radius 2 is 2.08 bits per heavy atom. The summed E-state index contributed by atoms with van der Waals surface area (Å²) in [5.74, 6) is -0.576. The number of aromatic nitrogens is 3. The molecule has 2 amide bonds. The minimum absolute atomic E-state index is 0.181. The molecule has 0 radical (unpaired) electrons. The van der Waals surface area contributed by atoms with Crippen molar-refractivity contribution in [2.24, 2.45) is 0 Å². The highest BCUT2D eigenvalue weighted by Crippen LogP contribution is 2.31. The number of rotatable bonds is 3. The zero-order valence-electron chi connectivity index (χ0n) is 14.5. The van der Waals surface area contributed by atoms with E-state index in [9.17, 15) is 14.4 Å². The first-order valence-corrected chi connectivity index (χ1v) is 8.69. The zero-order valence-corrected chi connectivity index (χ0v) is 15.3. The van der Waals surface area contributed by atoms with E-state index < -0.39 is 12.0 Å². The first-order chi connectivity index (χ1) is 12.4. The first kappa shape index (κ1) is 17.8. The molecular formula is C16H17N5O4S. The lowest BCUT2D eigenvalue weighted by Crippen LogP contribution is -2.44. The summed E-state index contributed by atoms with van der Waals surface area (Å²) < 4.78 is 6.25. The van der Waals surface area contributed by atoms with E-state index in [1.807, 2.05) is 19.9 Å². The van der Waals surface area contributed by atoms with Gasteiger partial charge in [-0.15, -0.1) is 11.3 Å². The fraction of sp³-hybridized carbons (Fsp3) is 0.312. The van der Waals surface area contributed by atoms with Crippen molar-refractivity contribution in [1.82, 2.24) is 25.4 Å². The number of nitrogens with one attached hydrogen (secondary N) is 2. The van der Waals surface area contributed by atoms with Crippen molar-refractivity contribution in [1.29, 1.82) is 0 Å². The normalized spacial score (nSPS) is 10.9. The van der Waals surface area contributed by atoms with Crippen molar-refractivity contribution in [2.45, 2.75) is 27.3 Å². The molecule has 0 bridgehead atoms. The Kier molecular flexibility index (Phi) is 4.85. The average molecular weight is 375 g/mol. The number of nitrogens with zero attached hydrogens (tertiary/aromatic N) is 3. The van der Waals surface area contributed by atoms with Crippen molar-refractivity contribution in [3.8, 4) is 0 Å². The number of fused-ring (bicyclic) bond motifs is 3. The number of pyridine rings is 1. The van der Waals surface area contributed by atoms with Crippen LogP contribution < -0.4 is 16.4 Å². The molecule has 136 valence electrons. The highest BCUT2D eigenvalue weighted by Gasteiger charge is 2.16. The maximum Gasteiger partial charge on any atom is 0.426 e. The molecule has 0 saturated carbocycles. The highest BCUT2D eigenvalue weighted by atomic mass is 32.1. The van der Waals surface area contributed by atoms with Gasteiger partial charge in [-0.25, -0.2) is 20.2 Å². The molecule has 26 heavy (non-hydrogen) atoms. The van der Waals surface area contributed by atoms with Crippen molar-refractivity contribution in [3.05, 3.63) is 34.0 Å². The molecule has 0 aliphatic heterocycles. The summed E-state index contributed by atoms with van der Waals surface area (Å²) in [6, 6.07) is 1.94. The quantitative estimate of drug-likeness (QED) is 0.669. The minimum atomic E-state index is -0.775. The zero-order chi connectivity index (χ0) is 18.8. The second kappa shape index (κ2) is 7.08. The van der Waals surface area contributed by atoms with E-state index in [0.717, 1.165) is 21.5 Å². The van der Waals surface area contributed by atoms with Crippen LogP contribution in [0.2, 0.25) is 0 Å². The number of carbonyl (C=O) groups excluding carboxylic acids is 2. The summed E-state index contributed by atoms with van der Waals surface area (Å²) in [5.41, 5.74) is 6.38. The van der Waals surface area contributed by atoms with Crippen molar-refractivity contribution < 1.29 is 14.3 Å². The van der Waals surface area contributed by atoms with Gasteiger partial charge in [0.15, 0.2) is 0 Å². The molecule has 0 saturated heterocycles. The third-order valence-corrected chi connectivity index (χ3v) is 4.70. The largest absolute Gasteiger partial charge is 0.449 e. The van der Waals surface area contributed by atoms with Gasteiger partial charge in [0.05, 0.1) is 18.5 Å². The van der Waals surface area contributed by atoms with Crippen molar-refractivity contribution in [2.75, 3.05) is 6.61 Å². The number of hydrazine groups is 1. The van der Waals surface area contributed by atoms with Gasteiger partial charge in [-0.1, -0.05) is 0 Å². The van der Waals surface area contributed by atoms with Gasteiger partial charge in [0.25, 0.3) is 11.5 Å². The third-order valence-electron chi connectivity index (χ3n) is 3.64. The Labute approximate surface area is 152 Å². The van der Waals surface area contributed by atoms with Crippen molar-refractivity contribution in [3.63, 3.8) is 0 Å². The van der Waals surface area contributed by atoms with Gasteiger partial charge in [-0.2, -0.15) is 0 Å². The summed E-state index contributed by atoms with van der Waals surface area (Å²) in [7, 11) is 0. The molecule has 0 aromatic carbocycles. The van der Waals surface area contributed by atoms with E-state index in [4.69, 9.17) is 0 Å². The Balaban J connectivity index is 1.89. The first-order valence-electron chi connectivity index (χ1n) is 7.88. The maximum absolute atomic E-state index is 12.7.